The molecule has 1 heterocycles. The van der Waals surface area contributed by atoms with E-state index in [-0.39, 0.29) is 0 Å². The lowest BCUT2D eigenvalue weighted by Crippen LogP contribution is -2.06. The van der Waals surface area contributed by atoms with Gasteiger partial charge in [0.25, 0.3) is 0 Å². The van der Waals surface area contributed by atoms with Crippen molar-refractivity contribution in [3.8, 4) is 11.8 Å². The molecule has 1 aromatic carbocycles. The standard InChI is InChI=1S/C15H17N3O/c1-9-10(2)17-18(11(9)3)15-7-13(8-16)5-6-14(15)12(4)19/h5-7,12,19H,1-4H3. The molecule has 2 rings (SSSR count). The van der Waals surface area contributed by atoms with Crippen LogP contribution >= 0.6 is 0 Å². The van der Waals surface area contributed by atoms with Gasteiger partial charge in [0.05, 0.1) is 29.1 Å². The number of aliphatic hydroxyl groups is 1. The third kappa shape index (κ3) is 2.25. The molecule has 2 aromatic rings. The van der Waals surface area contributed by atoms with Crippen molar-refractivity contribution < 1.29 is 5.11 Å². The second-order valence-corrected chi connectivity index (χ2v) is 4.77. The molecule has 0 saturated heterocycles. The van der Waals surface area contributed by atoms with Gasteiger partial charge in [0.1, 0.15) is 0 Å². The Hall–Kier alpha value is -2.12. The average molecular weight is 255 g/mol. The molecule has 1 aromatic heterocycles. The maximum absolute atomic E-state index is 9.87. The van der Waals surface area contributed by atoms with Crippen LogP contribution in [-0.2, 0) is 0 Å². The summed E-state index contributed by atoms with van der Waals surface area (Å²) in [5.74, 6) is 0. The Kier molecular flexibility index (Phi) is 3.41. The van der Waals surface area contributed by atoms with Gasteiger partial charge in [-0.05, 0) is 45.4 Å². The first-order valence-corrected chi connectivity index (χ1v) is 6.21. The summed E-state index contributed by atoms with van der Waals surface area (Å²) >= 11 is 0. The number of nitrogens with zero attached hydrogens (tertiary/aromatic N) is 3. The third-order valence-electron chi connectivity index (χ3n) is 3.49. The van der Waals surface area contributed by atoms with Gasteiger partial charge in [-0.15, -0.1) is 0 Å². The number of benzene rings is 1. The Morgan fingerprint density at radius 1 is 1.32 bits per heavy atom. The molecule has 1 atom stereocenters. The van der Waals surface area contributed by atoms with Crippen LogP contribution in [0.2, 0.25) is 0 Å². The first kappa shape index (κ1) is 13.3. The summed E-state index contributed by atoms with van der Waals surface area (Å²) in [6, 6.07) is 7.38. The monoisotopic (exact) mass is 255 g/mol. The van der Waals surface area contributed by atoms with Crippen molar-refractivity contribution in [3.63, 3.8) is 0 Å². The average Bonchev–Trinajstić information content (AvgIpc) is 2.65. The fourth-order valence-electron chi connectivity index (χ4n) is 2.11. The lowest BCUT2D eigenvalue weighted by molar-refractivity contribution is 0.199. The maximum atomic E-state index is 9.87. The van der Waals surface area contributed by atoms with Gasteiger partial charge in [0.15, 0.2) is 0 Å². The van der Waals surface area contributed by atoms with E-state index in [2.05, 4.69) is 11.2 Å². The first-order valence-electron chi connectivity index (χ1n) is 6.21. The quantitative estimate of drug-likeness (QED) is 0.897. The van der Waals surface area contributed by atoms with Crippen molar-refractivity contribution >= 4 is 0 Å². The predicted octanol–water partition coefficient (Wildman–Crippen LogP) is 2.72. The minimum absolute atomic E-state index is 0.560. The van der Waals surface area contributed by atoms with Crippen LogP contribution in [0.4, 0.5) is 0 Å². The van der Waals surface area contributed by atoms with E-state index in [1.807, 2.05) is 20.8 Å². The summed E-state index contributed by atoms with van der Waals surface area (Å²) in [5.41, 5.74) is 5.20. The van der Waals surface area contributed by atoms with Crippen LogP contribution < -0.4 is 0 Å². The zero-order chi connectivity index (χ0) is 14.2. The van der Waals surface area contributed by atoms with Crippen molar-refractivity contribution in [2.24, 2.45) is 0 Å². The van der Waals surface area contributed by atoms with E-state index in [1.165, 1.54) is 0 Å². The van der Waals surface area contributed by atoms with E-state index in [1.54, 1.807) is 29.8 Å². The highest BCUT2D eigenvalue weighted by Gasteiger charge is 2.15. The number of hydrogen-bond donors (Lipinski definition) is 1. The van der Waals surface area contributed by atoms with Gasteiger partial charge >= 0.3 is 0 Å². The van der Waals surface area contributed by atoms with E-state index in [0.29, 0.717) is 5.56 Å². The summed E-state index contributed by atoms with van der Waals surface area (Å²) in [5, 5.41) is 23.4. The Labute approximate surface area is 112 Å². The summed E-state index contributed by atoms with van der Waals surface area (Å²) in [7, 11) is 0. The normalized spacial score (nSPS) is 12.2. The molecule has 98 valence electrons. The zero-order valence-electron chi connectivity index (χ0n) is 11.6. The molecule has 0 radical (unpaired) electrons. The molecule has 1 N–H and O–H groups in total. The van der Waals surface area contributed by atoms with E-state index in [4.69, 9.17) is 5.26 Å². The van der Waals surface area contributed by atoms with Gasteiger partial charge < -0.3 is 5.11 Å². The fourth-order valence-corrected chi connectivity index (χ4v) is 2.11. The molecule has 0 spiro atoms. The van der Waals surface area contributed by atoms with Crippen LogP contribution in [0.15, 0.2) is 18.2 Å². The topological polar surface area (TPSA) is 61.8 Å². The largest absolute Gasteiger partial charge is 0.389 e. The molecule has 1 unspecified atom stereocenters. The van der Waals surface area contributed by atoms with Crippen LogP contribution in [0.25, 0.3) is 5.69 Å². The Morgan fingerprint density at radius 2 is 2.00 bits per heavy atom. The van der Waals surface area contributed by atoms with Crippen LogP contribution in [0, 0.1) is 32.1 Å². The summed E-state index contributed by atoms with van der Waals surface area (Å²) < 4.78 is 1.80. The second-order valence-electron chi connectivity index (χ2n) is 4.77. The minimum Gasteiger partial charge on any atom is -0.389 e. The van der Waals surface area contributed by atoms with Crippen molar-refractivity contribution in [2.45, 2.75) is 33.8 Å². The fraction of sp³-hybridized carbons (Fsp3) is 0.333. The Morgan fingerprint density at radius 3 is 2.47 bits per heavy atom. The highest BCUT2D eigenvalue weighted by atomic mass is 16.3. The molecule has 0 saturated carbocycles. The molecule has 4 nitrogen and oxygen atoms in total. The van der Waals surface area contributed by atoms with Crippen LogP contribution in [0.5, 0.6) is 0 Å². The number of rotatable bonds is 2. The number of aromatic nitrogens is 2. The van der Waals surface area contributed by atoms with Crippen molar-refractivity contribution in [3.05, 3.63) is 46.3 Å². The Bertz CT molecular complexity index is 663. The van der Waals surface area contributed by atoms with E-state index in [0.717, 1.165) is 28.2 Å². The van der Waals surface area contributed by atoms with Crippen molar-refractivity contribution in [1.82, 2.24) is 9.78 Å². The third-order valence-corrected chi connectivity index (χ3v) is 3.49. The SMILES string of the molecule is Cc1nn(-c2cc(C#N)ccc2C(C)O)c(C)c1C. The Balaban J connectivity index is 2.72. The van der Waals surface area contributed by atoms with Crippen molar-refractivity contribution in [2.75, 3.05) is 0 Å². The summed E-state index contributed by atoms with van der Waals surface area (Å²) in [4.78, 5) is 0. The highest BCUT2D eigenvalue weighted by molar-refractivity contribution is 5.49. The molecular weight excluding hydrogens is 238 g/mol. The summed E-state index contributed by atoms with van der Waals surface area (Å²) in [6.07, 6.45) is -0.605. The molecule has 0 aliphatic carbocycles. The summed E-state index contributed by atoms with van der Waals surface area (Å²) in [6.45, 7) is 7.67. The van der Waals surface area contributed by atoms with Crippen LogP contribution in [0.3, 0.4) is 0 Å². The number of aryl methyl sites for hydroxylation is 1. The zero-order valence-corrected chi connectivity index (χ0v) is 11.6. The van der Waals surface area contributed by atoms with Gasteiger partial charge in [0.2, 0.25) is 0 Å². The molecule has 19 heavy (non-hydrogen) atoms. The molecule has 0 bridgehead atoms. The predicted molar refractivity (Wildman–Crippen MR) is 73.1 cm³/mol. The molecular formula is C15H17N3O. The lowest BCUT2D eigenvalue weighted by Gasteiger charge is -2.14. The highest BCUT2D eigenvalue weighted by Crippen LogP contribution is 2.25. The second kappa shape index (κ2) is 4.87. The van der Waals surface area contributed by atoms with E-state index >= 15 is 0 Å². The molecule has 0 fully saturated rings. The molecule has 0 aliphatic heterocycles. The van der Waals surface area contributed by atoms with Gasteiger partial charge in [0, 0.05) is 11.3 Å². The van der Waals surface area contributed by atoms with Crippen molar-refractivity contribution in [1.29, 1.82) is 5.26 Å². The molecule has 4 heteroatoms. The van der Waals surface area contributed by atoms with E-state index < -0.39 is 6.10 Å². The van der Waals surface area contributed by atoms with Gasteiger partial charge in [-0.25, -0.2) is 4.68 Å². The van der Waals surface area contributed by atoms with Gasteiger partial charge in [-0.1, -0.05) is 6.07 Å². The number of hydrogen-bond acceptors (Lipinski definition) is 3. The maximum Gasteiger partial charge on any atom is 0.0992 e. The van der Waals surface area contributed by atoms with Crippen LogP contribution in [0.1, 0.15) is 41.1 Å². The molecule has 0 amide bonds. The lowest BCUT2D eigenvalue weighted by atomic mass is 10.1. The smallest absolute Gasteiger partial charge is 0.0992 e. The van der Waals surface area contributed by atoms with Gasteiger partial charge in [-0.2, -0.15) is 10.4 Å². The number of aliphatic hydroxyl groups excluding tert-OH is 1. The van der Waals surface area contributed by atoms with Gasteiger partial charge in [-0.3, -0.25) is 0 Å². The first-order chi connectivity index (χ1) is 8.95. The number of nitriles is 1. The van der Waals surface area contributed by atoms with E-state index in [9.17, 15) is 5.11 Å². The molecule has 0 aliphatic rings. The van der Waals surface area contributed by atoms with Crippen LogP contribution in [-0.4, -0.2) is 14.9 Å². The minimum atomic E-state index is -0.605.